The first-order valence-electron chi connectivity index (χ1n) is 10.5. The van der Waals surface area contributed by atoms with E-state index in [4.69, 9.17) is 4.84 Å². The summed E-state index contributed by atoms with van der Waals surface area (Å²) in [7, 11) is 0. The third-order valence-electron chi connectivity index (χ3n) is 5.79. The molecule has 2 aliphatic heterocycles. The van der Waals surface area contributed by atoms with Gasteiger partial charge in [-0.2, -0.15) is 0 Å². The highest BCUT2D eigenvalue weighted by Gasteiger charge is 2.60. The Hall–Kier alpha value is -4.04. The minimum atomic E-state index is -1.09. The van der Waals surface area contributed by atoms with Gasteiger partial charge in [0.05, 0.1) is 17.4 Å². The van der Waals surface area contributed by atoms with Gasteiger partial charge in [-0.15, -0.1) is 0 Å². The summed E-state index contributed by atoms with van der Waals surface area (Å²) in [5, 5.41) is 4.27. The van der Waals surface area contributed by atoms with Crippen LogP contribution < -0.4 is 15.3 Å². The van der Waals surface area contributed by atoms with Gasteiger partial charge in [-0.25, -0.2) is 14.4 Å². The van der Waals surface area contributed by atoms with Crippen LogP contribution in [0, 0.1) is 11.7 Å². The van der Waals surface area contributed by atoms with E-state index >= 15 is 0 Å². The number of hydrogen-bond acceptors (Lipinski definition) is 5. The topological polar surface area (TPSA) is 79.0 Å². The molecule has 0 radical (unpaired) electrons. The minimum Gasteiger partial charge on any atom is -0.326 e. The number of carbonyl (C=O) groups excluding carboxylic acids is 3. The first-order chi connectivity index (χ1) is 16.0. The molecular weight excluding hydrogens is 425 g/mol. The molecule has 166 valence electrons. The van der Waals surface area contributed by atoms with Gasteiger partial charge in [-0.3, -0.25) is 19.2 Å². The van der Waals surface area contributed by atoms with Gasteiger partial charge in [-0.05, 0) is 42.0 Å². The van der Waals surface area contributed by atoms with Crippen LogP contribution in [0.3, 0.4) is 0 Å². The Morgan fingerprint density at radius 1 is 0.909 bits per heavy atom. The zero-order chi connectivity index (χ0) is 23.1. The van der Waals surface area contributed by atoms with Crippen LogP contribution in [0.2, 0.25) is 0 Å². The number of imide groups is 1. The van der Waals surface area contributed by atoms with Gasteiger partial charge in [0.2, 0.25) is 11.8 Å². The van der Waals surface area contributed by atoms with Gasteiger partial charge >= 0.3 is 0 Å². The molecule has 1 N–H and O–H groups in total. The van der Waals surface area contributed by atoms with E-state index in [2.05, 4.69) is 5.32 Å². The lowest BCUT2D eigenvalue weighted by atomic mass is 9.90. The van der Waals surface area contributed by atoms with E-state index in [0.29, 0.717) is 11.4 Å². The third kappa shape index (κ3) is 3.54. The lowest BCUT2D eigenvalue weighted by molar-refractivity contribution is -0.126. The van der Waals surface area contributed by atoms with Crippen LogP contribution in [-0.4, -0.2) is 23.8 Å². The summed E-state index contributed by atoms with van der Waals surface area (Å²) in [6, 6.07) is 21.2. The molecule has 7 nitrogen and oxygen atoms in total. The number of para-hydroxylation sites is 2. The second kappa shape index (κ2) is 8.14. The highest BCUT2D eigenvalue weighted by atomic mass is 19.1. The fourth-order valence-corrected chi connectivity index (χ4v) is 4.39. The van der Waals surface area contributed by atoms with Crippen molar-refractivity contribution in [3.05, 3.63) is 90.2 Å². The van der Waals surface area contributed by atoms with Gasteiger partial charge < -0.3 is 5.32 Å². The van der Waals surface area contributed by atoms with Crippen molar-refractivity contribution in [1.29, 1.82) is 0 Å². The van der Waals surface area contributed by atoms with Crippen molar-refractivity contribution >= 4 is 34.8 Å². The van der Waals surface area contributed by atoms with E-state index < -0.39 is 35.7 Å². The first-order valence-corrected chi connectivity index (χ1v) is 10.5. The summed E-state index contributed by atoms with van der Waals surface area (Å²) in [5.41, 5.74) is 1.92. The van der Waals surface area contributed by atoms with Crippen LogP contribution in [0.1, 0.15) is 18.5 Å². The summed E-state index contributed by atoms with van der Waals surface area (Å²) in [5.74, 6) is -2.85. The highest BCUT2D eigenvalue weighted by molar-refractivity contribution is 6.24. The predicted molar refractivity (Wildman–Crippen MR) is 120 cm³/mol. The van der Waals surface area contributed by atoms with Crippen molar-refractivity contribution in [2.24, 2.45) is 5.92 Å². The monoisotopic (exact) mass is 445 g/mol. The summed E-state index contributed by atoms with van der Waals surface area (Å²) >= 11 is 0. The molecule has 0 bridgehead atoms. The first kappa shape index (κ1) is 20.8. The molecule has 0 aromatic heterocycles. The number of halogens is 1. The number of rotatable bonds is 4. The molecule has 2 heterocycles. The van der Waals surface area contributed by atoms with Crippen molar-refractivity contribution in [2.75, 3.05) is 15.3 Å². The van der Waals surface area contributed by atoms with Crippen LogP contribution in [-0.2, 0) is 19.2 Å². The van der Waals surface area contributed by atoms with Crippen LogP contribution in [0.5, 0.6) is 0 Å². The van der Waals surface area contributed by atoms with E-state index in [9.17, 15) is 18.8 Å². The maximum absolute atomic E-state index is 14.4. The molecule has 33 heavy (non-hydrogen) atoms. The van der Waals surface area contributed by atoms with Crippen LogP contribution in [0.25, 0.3) is 0 Å². The molecule has 5 rings (SSSR count). The molecule has 8 heteroatoms. The van der Waals surface area contributed by atoms with E-state index in [1.54, 1.807) is 35.4 Å². The number of carbonyl (C=O) groups is 3. The second-order valence-corrected chi connectivity index (χ2v) is 7.92. The van der Waals surface area contributed by atoms with Crippen molar-refractivity contribution in [3.63, 3.8) is 0 Å². The Kier molecular flexibility index (Phi) is 5.14. The lowest BCUT2D eigenvalue weighted by Gasteiger charge is -2.29. The summed E-state index contributed by atoms with van der Waals surface area (Å²) in [6.45, 7) is 1.42. The molecular formula is C25H20FN3O4. The molecule has 2 saturated heterocycles. The molecule has 3 atom stereocenters. The number of hydroxylamine groups is 1. The molecule has 0 aliphatic carbocycles. The van der Waals surface area contributed by atoms with Gasteiger partial charge in [-0.1, -0.05) is 42.5 Å². The number of amides is 3. The Labute approximate surface area is 189 Å². The van der Waals surface area contributed by atoms with Crippen molar-refractivity contribution in [2.45, 2.75) is 19.1 Å². The van der Waals surface area contributed by atoms with E-state index in [0.717, 1.165) is 10.5 Å². The Morgan fingerprint density at radius 2 is 1.58 bits per heavy atom. The molecule has 3 amide bonds. The summed E-state index contributed by atoms with van der Waals surface area (Å²) in [6.07, 6.45) is -1.09. The average Bonchev–Trinajstić information content (AvgIpc) is 3.31. The quantitative estimate of drug-likeness (QED) is 0.618. The van der Waals surface area contributed by atoms with Crippen LogP contribution in [0.15, 0.2) is 78.9 Å². The number of nitrogens with one attached hydrogen (secondary N) is 1. The van der Waals surface area contributed by atoms with Crippen molar-refractivity contribution < 1.29 is 23.6 Å². The summed E-state index contributed by atoms with van der Waals surface area (Å²) in [4.78, 5) is 45.0. The largest absolute Gasteiger partial charge is 0.326 e. The van der Waals surface area contributed by atoms with Crippen molar-refractivity contribution in [3.8, 4) is 0 Å². The lowest BCUT2D eigenvalue weighted by Crippen LogP contribution is -2.37. The molecule has 0 saturated carbocycles. The standard InChI is InChI=1S/C25H20FN3O4/c1-15(30)27-17-13-11-16(12-14-17)22-21-23(33-29(22)18-7-3-2-4-8-18)25(32)28(24(21)31)20-10-6-5-9-19(20)26/h2-14,21-23H,1H3,(H,27,30)/t21-,22+,23+/m0/s1. The Bertz CT molecular complexity index is 1230. The number of anilines is 3. The molecule has 3 aromatic carbocycles. The smallest absolute Gasteiger partial charge is 0.266 e. The van der Waals surface area contributed by atoms with Gasteiger partial charge in [0.15, 0.2) is 6.10 Å². The third-order valence-corrected chi connectivity index (χ3v) is 5.79. The van der Waals surface area contributed by atoms with Gasteiger partial charge in [0.1, 0.15) is 11.7 Å². The average molecular weight is 445 g/mol. The highest BCUT2D eigenvalue weighted by Crippen LogP contribution is 2.47. The van der Waals surface area contributed by atoms with E-state index in [1.165, 1.54) is 25.1 Å². The van der Waals surface area contributed by atoms with Crippen LogP contribution >= 0.6 is 0 Å². The number of hydrogen-bond donors (Lipinski definition) is 1. The number of nitrogens with zero attached hydrogens (tertiary/aromatic N) is 2. The van der Waals surface area contributed by atoms with Crippen LogP contribution in [0.4, 0.5) is 21.5 Å². The zero-order valence-electron chi connectivity index (χ0n) is 17.6. The second-order valence-electron chi connectivity index (χ2n) is 7.92. The Morgan fingerprint density at radius 3 is 2.24 bits per heavy atom. The van der Waals surface area contributed by atoms with Gasteiger partial charge in [0, 0.05) is 12.6 Å². The maximum atomic E-state index is 14.4. The van der Waals surface area contributed by atoms with E-state index in [-0.39, 0.29) is 11.6 Å². The normalized spacial score (nSPS) is 21.9. The Balaban J connectivity index is 1.56. The maximum Gasteiger partial charge on any atom is 0.266 e. The summed E-state index contributed by atoms with van der Waals surface area (Å²) < 4.78 is 14.4. The molecule has 3 aromatic rings. The molecule has 2 aliphatic rings. The zero-order valence-corrected chi connectivity index (χ0v) is 17.6. The van der Waals surface area contributed by atoms with Gasteiger partial charge in [0.25, 0.3) is 5.91 Å². The number of benzene rings is 3. The minimum absolute atomic E-state index is 0.0866. The molecule has 2 fully saturated rings. The molecule has 0 unspecified atom stereocenters. The van der Waals surface area contributed by atoms with Crippen molar-refractivity contribution in [1.82, 2.24) is 0 Å². The predicted octanol–water partition coefficient (Wildman–Crippen LogP) is 3.84. The SMILES string of the molecule is CC(=O)Nc1ccc([C@@H]2[C@@H]3C(=O)N(c4ccccc4F)C(=O)[C@@H]3ON2c2ccccc2)cc1. The van der Waals surface area contributed by atoms with E-state index in [1.807, 2.05) is 30.3 Å². The number of fused-ring (bicyclic) bond motifs is 1. The molecule has 0 spiro atoms. The fourth-order valence-electron chi connectivity index (χ4n) is 4.39. The fraction of sp³-hybridized carbons (Fsp3) is 0.160.